The summed E-state index contributed by atoms with van der Waals surface area (Å²) in [6, 6.07) is 12.2. The monoisotopic (exact) mass is 622 g/mol. The lowest BCUT2D eigenvalue weighted by Gasteiger charge is -2.43. The first-order valence-electron chi connectivity index (χ1n) is 14.1. The molecule has 0 unspecified atom stereocenters. The second-order valence-electron chi connectivity index (χ2n) is 10.5. The summed E-state index contributed by atoms with van der Waals surface area (Å²) in [5.41, 5.74) is 1.65. The summed E-state index contributed by atoms with van der Waals surface area (Å²) < 4.78 is 71.6. The van der Waals surface area contributed by atoms with Crippen molar-refractivity contribution in [2.75, 3.05) is 26.1 Å². The largest absolute Gasteiger partial charge is 0.573 e. The predicted octanol–water partition coefficient (Wildman–Crippen LogP) is 5.76. The predicted molar refractivity (Wildman–Crippen MR) is 153 cm³/mol. The van der Waals surface area contributed by atoms with Gasteiger partial charge in [-0.15, -0.1) is 18.3 Å². The average molecular weight is 623 g/mol. The molecule has 11 nitrogen and oxygen atoms in total. The maximum atomic E-state index is 12.8. The zero-order valence-corrected chi connectivity index (χ0v) is 25.3. The molecule has 1 saturated heterocycles. The van der Waals surface area contributed by atoms with E-state index >= 15 is 0 Å². The van der Waals surface area contributed by atoms with E-state index in [0.717, 1.165) is 0 Å². The number of ether oxygens (including phenoxy) is 6. The van der Waals surface area contributed by atoms with Crippen LogP contribution in [0.1, 0.15) is 33.5 Å². The van der Waals surface area contributed by atoms with Crippen LogP contribution >= 0.6 is 0 Å². The summed E-state index contributed by atoms with van der Waals surface area (Å²) in [6.07, 6.45) is -8.01. The molecule has 1 fully saturated rings. The van der Waals surface area contributed by atoms with Crippen LogP contribution in [-0.2, 0) is 30.1 Å². The number of amides is 1. The molecule has 0 bridgehead atoms. The minimum Gasteiger partial charge on any atom is -0.416 e. The second-order valence-corrected chi connectivity index (χ2v) is 10.5. The summed E-state index contributed by atoms with van der Waals surface area (Å²) in [5, 5.41) is 7.30. The fraction of sp³-hybridized carbons (Fsp3) is 0.500. The number of nitrogens with one attached hydrogen (secondary N) is 1. The highest BCUT2D eigenvalue weighted by molar-refractivity contribution is 5.85. The molecule has 0 saturated carbocycles. The standard InChI is InChI=1S/C30H37F3N4O7/c1-7-41-25-24(39-5)18(4)42-28(26(25)40-6)43-29(38)34-20-10-8-19(9-11-20)27-35-23(16-17(2)3)37(36-27)21-12-14-22(15-13-21)44-30(31,32)33/h8-15,17-18,24-26,28H,7,16H2,1-6H3,(H,34,38)/t18-,24-,25+,26+,28-/m0/s1. The zero-order valence-electron chi connectivity index (χ0n) is 25.3. The Hall–Kier alpha value is -3.72. The number of alkyl halides is 3. The Morgan fingerprint density at radius 1 is 1.02 bits per heavy atom. The third kappa shape index (κ3) is 8.25. The molecule has 240 valence electrons. The van der Waals surface area contributed by atoms with Crippen molar-refractivity contribution in [3.05, 3.63) is 54.4 Å². The molecule has 3 aromatic rings. The average Bonchev–Trinajstić information content (AvgIpc) is 3.36. The number of anilines is 1. The van der Waals surface area contributed by atoms with Gasteiger partial charge in [0.05, 0.1) is 11.8 Å². The molecule has 44 heavy (non-hydrogen) atoms. The van der Waals surface area contributed by atoms with E-state index in [-0.39, 0.29) is 11.7 Å². The molecule has 0 radical (unpaired) electrons. The Balaban J connectivity index is 1.47. The first-order chi connectivity index (χ1) is 20.9. The van der Waals surface area contributed by atoms with Crippen LogP contribution < -0.4 is 10.1 Å². The van der Waals surface area contributed by atoms with E-state index in [1.807, 2.05) is 20.8 Å². The number of halogens is 3. The normalized spacial score (nSPS) is 22.2. The van der Waals surface area contributed by atoms with Gasteiger partial charge in [-0.05, 0) is 68.3 Å². The molecule has 14 heteroatoms. The second kappa shape index (κ2) is 14.4. The van der Waals surface area contributed by atoms with Gasteiger partial charge in [0.1, 0.15) is 29.9 Å². The summed E-state index contributed by atoms with van der Waals surface area (Å²) in [7, 11) is 3.04. The number of rotatable bonds is 11. The van der Waals surface area contributed by atoms with Crippen molar-refractivity contribution < 1.29 is 46.4 Å². The topological polar surface area (TPSA) is 115 Å². The number of nitrogens with zero attached hydrogens (tertiary/aromatic N) is 3. The van der Waals surface area contributed by atoms with Crippen LogP contribution in [0.3, 0.4) is 0 Å². The van der Waals surface area contributed by atoms with E-state index in [0.29, 0.717) is 41.6 Å². The summed E-state index contributed by atoms with van der Waals surface area (Å²) in [6.45, 7) is 8.12. The number of carbonyl (C=O) groups excluding carboxylic acids is 1. The molecule has 1 amide bonds. The van der Waals surface area contributed by atoms with E-state index < -0.39 is 43.2 Å². The van der Waals surface area contributed by atoms with Crippen LogP contribution in [0, 0.1) is 5.92 Å². The van der Waals surface area contributed by atoms with E-state index in [4.69, 9.17) is 23.7 Å². The van der Waals surface area contributed by atoms with Crippen molar-refractivity contribution in [3.8, 4) is 22.8 Å². The van der Waals surface area contributed by atoms with Gasteiger partial charge in [0.2, 0.25) is 6.29 Å². The van der Waals surface area contributed by atoms with Gasteiger partial charge in [0.25, 0.3) is 0 Å². The molecule has 0 aliphatic carbocycles. The maximum absolute atomic E-state index is 12.8. The Morgan fingerprint density at radius 2 is 1.68 bits per heavy atom. The Morgan fingerprint density at radius 3 is 2.25 bits per heavy atom. The number of aromatic nitrogens is 3. The molecule has 0 spiro atoms. The molecule has 1 aliphatic rings. The third-order valence-corrected chi connectivity index (χ3v) is 6.82. The first kappa shape index (κ1) is 33.2. The van der Waals surface area contributed by atoms with Crippen molar-refractivity contribution in [2.45, 2.75) is 71.2 Å². The molecule has 1 N–H and O–H groups in total. The van der Waals surface area contributed by atoms with Crippen molar-refractivity contribution >= 4 is 11.8 Å². The van der Waals surface area contributed by atoms with Crippen molar-refractivity contribution in [1.82, 2.24) is 14.8 Å². The van der Waals surface area contributed by atoms with Gasteiger partial charge in [0.15, 0.2) is 5.82 Å². The number of benzene rings is 2. The Kier molecular flexibility index (Phi) is 10.8. The van der Waals surface area contributed by atoms with E-state index in [1.54, 1.807) is 43.0 Å². The minimum atomic E-state index is -4.78. The lowest BCUT2D eigenvalue weighted by atomic mass is 9.99. The van der Waals surface area contributed by atoms with Gasteiger partial charge in [-0.2, -0.15) is 0 Å². The van der Waals surface area contributed by atoms with Crippen LogP contribution in [0.5, 0.6) is 5.75 Å². The molecule has 2 aromatic carbocycles. The molecule has 1 aromatic heterocycles. The van der Waals surface area contributed by atoms with Crippen LogP contribution in [0.2, 0.25) is 0 Å². The fourth-order valence-electron chi connectivity index (χ4n) is 4.94. The number of hydrogen-bond donors (Lipinski definition) is 1. The van der Waals surface area contributed by atoms with Crippen LogP contribution in [0.15, 0.2) is 48.5 Å². The van der Waals surface area contributed by atoms with Crippen LogP contribution in [-0.4, -0.2) is 78.8 Å². The third-order valence-electron chi connectivity index (χ3n) is 6.82. The highest BCUT2D eigenvalue weighted by Crippen LogP contribution is 2.29. The quantitative estimate of drug-likeness (QED) is 0.285. The van der Waals surface area contributed by atoms with Gasteiger partial charge in [-0.1, -0.05) is 13.8 Å². The Labute approximate surface area is 253 Å². The number of hydrogen-bond acceptors (Lipinski definition) is 9. The lowest BCUT2D eigenvalue weighted by Crippen LogP contribution is -2.60. The number of methoxy groups -OCH3 is 2. The van der Waals surface area contributed by atoms with Gasteiger partial charge < -0.3 is 28.4 Å². The molecule has 1 aliphatic heterocycles. The van der Waals surface area contributed by atoms with Crippen molar-refractivity contribution in [2.24, 2.45) is 5.92 Å². The summed E-state index contributed by atoms with van der Waals surface area (Å²) in [5.74, 6) is 0.965. The minimum absolute atomic E-state index is 0.245. The molecule has 4 rings (SSSR count). The van der Waals surface area contributed by atoms with E-state index in [9.17, 15) is 18.0 Å². The highest BCUT2D eigenvalue weighted by Gasteiger charge is 2.47. The molecule has 2 heterocycles. The van der Waals surface area contributed by atoms with Gasteiger partial charge in [-0.3, -0.25) is 5.32 Å². The molecule has 5 atom stereocenters. The molecular weight excluding hydrogens is 585 g/mol. The van der Waals surface area contributed by atoms with Gasteiger partial charge in [0, 0.05) is 38.5 Å². The smallest absolute Gasteiger partial charge is 0.416 e. The summed E-state index contributed by atoms with van der Waals surface area (Å²) in [4.78, 5) is 17.5. The lowest BCUT2D eigenvalue weighted by molar-refractivity contribution is -0.292. The zero-order chi connectivity index (χ0) is 32.0. The maximum Gasteiger partial charge on any atom is 0.573 e. The SMILES string of the molecule is CCO[C@@H]1[C@@H](OC)[C@H](C)O[C@@H](OC(=O)Nc2ccc(-c3nc(CC(C)C)n(-c4ccc(OC(F)(F)F)cc4)n3)cc2)[C@@H]1OC. The Bertz CT molecular complexity index is 1370. The van der Waals surface area contributed by atoms with Crippen molar-refractivity contribution in [3.63, 3.8) is 0 Å². The summed E-state index contributed by atoms with van der Waals surface area (Å²) >= 11 is 0. The molecular formula is C30H37F3N4O7. The van der Waals surface area contributed by atoms with E-state index in [1.165, 1.54) is 31.4 Å². The fourth-order valence-corrected chi connectivity index (χ4v) is 4.94. The van der Waals surface area contributed by atoms with Crippen LogP contribution in [0.4, 0.5) is 23.7 Å². The first-order valence-corrected chi connectivity index (χ1v) is 14.1. The van der Waals surface area contributed by atoms with Crippen LogP contribution in [0.25, 0.3) is 17.1 Å². The van der Waals surface area contributed by atoms with Gasteiger partial charge >= 0.3 is 12.5 Å². The van der Waals surface area contributed by atoms with E-state index in [2.05, 4.69) is 20.1 Å². The van der Waals surface area contributed by atoms with Crippen molar-refractivity contribution in [1.29, 1.82) is 0 Å². The van der Waals surface area contributed by atoms with Gasteiger partial charge in [-0.25, -0.2) is 14.5 Å². The highest BCUT2D eigenvalue weighted by atomic mass is 19.4. The number of carbonyl (C=O) groups is 1.